The molecule has 0 aromatic carbocycles. The average Bonchev–Trinajstić information content (AvgIpc) is 2.47. The lowest BCUT2D eigenvalue weighted by Crippen LogP contribution is -2.30. The molecule has 4 nitrogen and oxygen atoms in total. The average molecular weight is 165 g/mol. The fourth-order valence-electron chi connectivity index (χ4n) is 1.55. The quantitative estimate of drug-likeness (QED) is 0.599. The molecule has 0 aliphatic carbocycles. The van der Waals surface area contributed by atoms with E-state index >= 15 is 0 Å². The lowest BCUT2D eigenvalue weighted by atomic mass is 10.3. The van der Waals surface area contributed by atoms with E-state index in [1.807, 2.05) is 10.6 Å². The van der Waals surface area contributed by atoms with Gasteiger partial charge in [-0.05, 0) is 12.1 Å². The Bertz CT molecular complexity index is 316. The van der Waals surface area contributed by atoms with Gasteiger partial charge in [-0.15, -0.1) is 0 Å². The number of nitrogens with one attached hydrogen (secondary N) is 1. The number of aromatic nitrogens is 1. The molecule has 0 atom stereocenters. The molecule has 0 saturated carbocycles. The lowest BCUT2D eigenvalue weighted by molar-refractivity contribution is 0.0990. The summed E-state index contributed by atoms with van der Waals surface area (Å²) in [6.07, 6.45) is 0. The smallest absolute Gasteiger partial charge is 0.265 e. The van der Waals surface area contributed by atoms with E-state index in [0.717, 1.165) is 25.3 Å². The van der Waals surface area contributed by atoms with Crippen molar-refractivity contribution in [2.24, 2.45) is 5.73 Å². The summed E-state index contributed by atoms with van der Waals surface area (Å²) in [5.41, 5.74) is 6.95. The Balaban J connectivity index is 2.44. The molecular formula is C8H11N3O. The molecule has 2 heterocycles. The molecule has 1 aliphatic heterocycles. The molecule has 1 aliphatic rings. The number of hydrogen-bond acceptors (Lipinski definition) is 2. The molecule has 4 heteroatoms. The minimum Gasteiger partial charge on any atom is -0.364 e. The van der Waals surface area contributed by atoms with Crippen molar-refractivity contribution < 1.29 is 4.79 Å². The zero-order valence-electron chi connectivity index (χ0n) is 6.71. The molecule has 0 spiro atoms. The van der Waals surface area contributed by atoms with Crippen LogP contribution >= 0.6 is 0 Å². The minimum absolute atomic E-state index is 0.344. The number of nitrogens with two attached hydrogens (primary N) is 1. The van der Waals surface area contributed by atoms with Gasteiger partial charge in [-0.1, -0.05) is 0 Å². The highest BCUT2D eigenvalue weighted by atomic mass is 16.1. The van der Waals surface area contributed by atoms with E-state index in [-0.39, 0.29) is 5.91 Å². The van der Waals surface area contributed by atoms with Crippen LogP contribution in [0.4, 0.5) is 0 Å². The summed E-state index contributed by atoms with van der Waals surface area (Å²) in [5.74, 6) is -0.344. The van der Waals surface area contributed by atoms with Gasteiger partial charge >= 0.3 is 0 Å². The second-order valence-electron chi connectivity index (χ2n) is 2.90. The largest absolute Gasteiger partial charge is 0.364 e. The standard InChI is InChI=1S/C8H11N3O/c9-8(12)7-2-1-6-5-10-3-4-11(6)7/h1-2,10H,3-5H2,(H2,9,12). The summed E-state index contributed by atoms with van der Waals surface area (Å²) in [7, 11) is 0. The monoisotopic (exact) mass is 165 g/mol. The number of hydrogen-bond donors (Lipinski definition) is 2. The van der Waals surface area contributed by atoms with Gasteiger partial charge in [0.2, 0.25) is 0 Å². The van der Waals surface area contributed by atoms with E-state index in [1.54, 1.807) is 6.07 Å². The molecule has 64 valence electrons. The predicted molar refractivity (Wildman–Crippen MR) is 44.7 cm³/mol. The number of nitrogens with zero attached hydrogens (tertiary/aromatic N) is 1. The molecule has 1 amide bonds. The molecular weight excluding hydrogens is 154 g/mol. The van der Waals surface area contributed by atoms with Gasteiger partial charge in [0, 0.05) is 25.3 Å². The Hall–Kier alpha value is -1.29. The van der Waals surface area contributed by atoms with Gasteiger partial charge in [0.1, 0.15) is 5.69 Å². The maximum Gasteiger partial charge on any atom is 0.265 e. The zero-order valence-corrected chi connectivity index (χ0v) is 6.71. The third-order valence-corrected chi connectivity index (χ3v) is 2.14. The van der Waals surface area contributed by atoms with Crippen LogP contribution in [0, 0.1) is 0 Å². The van der Waals surface area contributed by atoms with Crippen LogP contribution in [0.2, 0.25) is 0 Å². The molecule has 1 aromatic heterocycles. The highest BCUT2D eigenvalue weighted by Gasteiger charge is 2.14. The zero-order chi connectivity index (χ0) is 8.55. The number of carbonyl (C=O) groups is 1. The second kappa shape index (κ2) is 2.64. The summed E-state index contributed by atoms with van der Waals surface area (Å²) >= 11 is 0. The van der Waals surface area contributed by atoms with E-state index in [0.29, 0.717) is 5.69 Å². The third-order valence-electron chi connectivity index (χ3n) is 2.14. The Labute approximate surface area is 70.4 Å². The second-order valence-corrected chi connectivity index (χ2v) is 2.90. The van der Waals surface area contributed by atoms with Gasteiger partial charge < -0.3 is 15.6 Å². The molecule has 3 N–H and O–H groups in total. The van der Waals surface area contributed by atoms with Crippen LogP contribution < -0.4 is 11.1 Å². The van der Waals surface area contributed by atoms with Gasteiger partial charge in [-0.3, -0.25) is 4.79 Å². The summed E-state index contributed by atoms with van der Waals surface area (Å²) in [6, 6.07) is 3.72. The number of carbonyl (C=O) groups excluding carboxylic acids is 1. The highest BCUT2D eigenvalue weighted by Crippen LogP contribution is 2.11. The molecule has 0 radical (unpaired) electrons. The predicted octanol–water partition coefficient (Wildman–Crippen LogP) is -0.310. The number of rotatable bonds is 1. The Morgan fingerprint density at radius 3 is 3.17 bits per heavy atom. The fourth-order valence-corrected chi connectivity index (χ4v) is 1.55. The van der Waals surface area contributed by atoms with Gasteiger partial charge in [0.05, 0.1) is 0 Å². The van der Waals surface area contributed by atoms with Crippen LogP contribution in [0.25, 0.3) is 0 Å². The first-order valence-electron chi connectivity index (χ1n) is 3.98. The Morgan fingerprint density at radius 2 is 2.42 bits per heavy atom. The van der Waals surface area contributed by atoms with Crippen LogP contribution in [0.3, 0.4) is 0 Å². The van der Waals surface area contributed by atoms with Crippen LogP contribution in [0.5, 0.6) is 0 Å². The van der Waals surface area contributed by atoms with Crippen LogP contribution in [-0.4, -0.2) is 17.0 Å². The summed E-state index contributed by atoms with van der Waals surface area (Å²) < 4.78 is 1.97. The topological polar surface area (TPSA) is 60.1 Å². The summed E-state index contributed by atoms with van der Waals surface area (Å²) in [5, 5.41) is 3.22. The number of fused-ring (bicyclic) bond motifs is 1. The number of amides is 1. The SMILES string of the molecule is NC(=O)c1ccc2n1CCNC2. The Morgan fingerprint density at radius 1 is 1.58 bits per heavy atom. The van der Waals surface area contributed by atoms with Crippen LogP contribution in [-0.2, 0) is 13.1 Å². The Kier molecular flexibility index (Phi) is 1.62. The van der Waals surface area contributed by atoms with Crippen LogP contribution in [0.15, 0.2) is 12.1 Å². The van der Waals surface area contributed by atoms with Gasteiger partial charge in [0.25, 0.3) is 5.91 Å². The minimum atomic E-state index is -0.344. The lowest BCUT2D eigenvalue weighted by Gasteiger charge is -2.17. The fraction of sp³-hybridized carbons (Fsp3) is 0.375. The molecule has 0 unspecified atom stereocenters. The normalized spacial score (nSPS) is 15.7. The molecule has 0 saturated heterocycles. The molecule has 12 heavy (non-hydrogen) atoms. The molecule has 2 rings (SSSR count). The van der Waals surface area contributed by atoms with Crippen molar-refractivity contribution in [3.63, 3.8) is 0 Å². The van der Waals surface area contributed by atoms with Crippen molar-refractivity contribution in [3.05, 3.63) is 23.5 Å². The van der Waals surface area contributed by atoms with E-state index in [1.165, 1.54) is 0 Å². The third kappa shape index (κ3) is 1.00. The van der Waals surface area contributed by atoms with Crippen molar-refractivity contribution in [2.75, 3.05) is 6.54 Å². The van der Waals surface area contributed by atoms with Crippen molar-refractivity contribution in [2.45, 2.75) is 13.1 Å². The van der Waals surface area contributed by atoms with Crippen molar-refractivity contribution in [3.8, 4) is 0 Å². The summed E-state index contributed by atoms with van der Waals surface area (Å²) in [6.45, 7) is 2.57. The molecule has 1 aromatic rings. The van der Waals surface area contributed by atoms with Gasteiger partial charge in [-0.2, -0.15) is 0 Å². The number of primary amides is 1. The maximum atomic E-state index is 10.9. The van der Waals surface area contributed by atoms with Gasteiger partial charge in [0.15, 0.2) is 0 Å². The van der Waals surface area contributed by atoms with Crippen molar-refractivity contribution in [1.82, 2.24) is 9.88 Å². The molecule has 0 bridgehead atoms. The first-order chi connectivity index (χ1) is 5.79. The van der Waals surface area contributed by atoms with E-state index in [2.05, 4.69) is 5.32 Å². The first-order valence-corrected chi connectivity index (χ1v) is 3.98. The first kappa shape index (κ1) is 7.36. The van der Waals surface area contributed by atoms with Crippen molar-refractivity contribution in [1.29, 1.82) is 0 Å². The van der Waals surface area contributed by atoms with E-state index < -0.39 is 0 Å². The van der Waals surface area contributed by atoms with Crippen molar-refractivity contribution >= 4 is 5.91 Å². The summed E-state index contributed by atoms with van der Waals surface area (Å²) in [4.78, 5) is 10.9. The van der Waals surface area contributed by atoms with E-state index in [4.69, 9.17) is 5.73 Å². The highest BCUT2D eigenvalue weighted by molar-refractivity contribution is 5.91. The molecule has 0 fully saturated rings. The maximum absolute atomic E-state index is 10.9. The van der Waals surface area contributed by atoms with E-state index in [9.17, 15) is 4.79 Å². The van der Waals surface area contributed by atoms with Gasteiger partial charge in [-0.25, -0.2) is 0 Å². The van der Waals surface area contributed by atoms with Crippen LogP contribution in [0.1, 0.15) is 16.2 Å².